The zero-order valence-corrected chi connectivity index (χ0v) is 13.2. The summed E-state index contributed by atoms with van der Waals surface area (Å²) in [5.41, 5.74) is 0.476. The Hall–Kier alpha value is 0.887. The van der Waals surface area contributed by atoms with Gasteiger partial charge >= 0.3 is 5.97 Å². The van der Waals surface area contributed by atoms with Gasteiger partial charge < -0.3 is 4.74 Å². The highest BCUT2D eigenvalue weighted by Gasteiger charge is 2.17. The third-order valence-corrected chi connectivity index (χ3v) is 5.81. The Bertz CT molecular complexity index is 199. The van der Waals surface area contributed by atoms with E-state index in [1.807, 2.05) is 0 Å². The van der Waals surface area contributed by atoms with Gasteiger partial charge in [-0.25, -0.2) is 4.79 Å². The van der Waals surface area contributed by atoms with Gasteiger partial charge in [-0.15, -0.1) is 43.6 Å². The maximum atomic E-state index is 11.0. The van der Waals surface area contributed by atoms with Crippen LogP contribution < -0.4 is 0 Å². The molecule has 5 heteroatoms. The SMILES string of the molecule is C=C(C)C(=O)OCCC[Si](C)(I)I. The highest BCUT2D eigenvalue weighted by atomic mass is 127. The molecule has 0 atom stereocenters. The minimum Gasteiger partial charge on any atom is -0.462 e. The molecule has 0 amide bonds. The van der Waals surface area contributed by atoms with E-state index in [1.165, 1.54) is 6.04 Å². The quantitative estimate of drug-likeness (QED) is 0.169. The Labute approximate surface area is 106 Å². The van der Waals surface area contributed by atoms with Crippen molar-refractivity contribution in [3.8, 4) is 0 Å². The molecular weight excluding hydrogens is 410 g/mol. The van der Waals surface area contributed by atoms with Gasteiger partial charge in [0.25, 0.3) is 0 Å². The zero-order valence-electron chi connectivity index (χ0n) is 7.90. The van der Waals surface area contributed by atoms with Crippen LogP contribution in [0, 0.1) is 0 Å². The van der Waals surface area contributed by atoms with Crippen LogP contribution in [0.25, 0.3) is 0 Å². The van der Waals surface area contributed by atoms with Crippen molar-refractivity contribution < 1.29 is 9.53 Å². The van der Waals surface area contributed by atoms with Crippen LogP contribution in [0.3, 0.4) is 0 Å². The van der Waals surface area contributed by atoms with Crippen LogP contribution in [0.15, 0.2) is 12.2 Å². The normalized spacial score (nSPS) is 11.1. The Morgan fingerprint density at radius 3 is 2.46 bits per heavy atom. The molecular formula is C8H14I2O2Si. The lowest BCUT2D eigenvalue weighted by Gasteiger charge is -2.10. The predicted octanol–water partition coefficient (Wildman–Crippen LogP) is 3.44. The number of ether oxygens (including phenoxy) is 1. The number of carbonyl (C=O) groups excluding carboxylic acids is 1. The average molecular weight is 424 g/mol. The standard InChI is InChI=1S/C8H14I2O2Si/c1-7(2)8(11)12-5-4-6-13(3,9)10/h1,4-6H2,2-3H3. The first-order chi connectivity index (χ1) is 5.83. The van der Waals surface area contributed by atoms with E-state index < -0.39 is 3.07 Å². The van der Waals surface area contributed by atoms with Crippen molar-refractivity contribution in [2.75, 3.05) is 6.61 Å². The summed E-state index contributed by atoms with van der Waals surface area (Å²) in [7, 11) is 0. The van der Waals surface area contributed by atoms with Crippen molar-refractivity contribution in [1.29, 1.82) is 0 Å². The Balaban J connectivity index is 3.47. The lowest BCUT2D eigenvalue weighted by Crippen LogP contribution is -2.13. The highest BCUT2D eigenvalue weighted by Crippen LogP contribution is 2.27. The van der Waals surface area contributed by atoms with Gasteiger partial charge in [-0.2, -0.15) is 0 Å². The lowest BCUT2D eigenvalue weighted by atomic mass is 10.4. The van der Waals surface area contributed by atoms with Gasteiger partial charge in [0, 0.05) is 5.57 Å². The summed E-state index contributed by atoms with van der Waals surface area (Å²) in [6.07, 6.45) is 0.966. The topological polar surface area (TPSA) is 26.3 Å². The van der Waals surface area contributed by atoms with Crippen LogP contribution in [-0.2, 0) is 9.53 Å². The minimum atomic E-state index is -1.03. The zero-order chi connectivity index (χ0) is 10.5. The van der Waals surface area contributed by atoms with Crippen molar-refractivity contribution >= 4 is 52.6 Å². The molecule has 0 aliphatic carbocycles. The molecule has 0 aromatic carbocycles. The maximum absolute atomic E-state index is 11.0. The smallest absolute Gasteiger partial charge is 0.333 e. The highest BCUT2D eigenvalue weighted by molar-refractivity contribution is 14.3. The maximum Gasteiger partial charge on any atom is 0.333 e. The predicted molar refractivity (Wildman–Crippen MR) is 74.9 cm³/mol. The molecule has 0 rings (SSSR count). The molecule has 0 aromatic rings. The molecule has 0 N–H and O–H groups in total. The van der Waals surface area contributed by atoms with Crippen LogP contribution in [0.4, 0.5) is 0 Å². The molecule has 0 aliphatic heterocycles. The van der Waals surface area contributed by atoms with Crippen LogP contribution in [0.2, 0.25) is 12.6 Å². The molecule has 0 saturated heterocycles. The second-order valence-corrected chi connectivity index (χ2v) is 26.2. The van der Waals surface area contributed by atoms with Crippen molar-refractivity contribution in [3.63, 3.8) is 0 Å². The summed E-state index contributed by atoms with van der Waals surface area (Å²) >= 11 is 5.03. The van der Waals surface area contributed by atoms with E-state index in [1.54, 1.807) is 6.92 Å². The number of esters is 1. The van der Waals surface area contributed by atoms with Gasteiger partial charge in [-0.05, 0) is 19.4 Å². The summed E-state index contributed by atoms with van der Waals surface area (Å²) in [6, 6.07) is 1.18. The van der Waals surface area contributed by atoms with Gasteiger partial charge in [0.2, 0.25) is 0 Å². The molecule has 0 radical (unpaired) electrons. The van der Waals surface area contributed by atoms with E-state index in [0.717, 1.165) is 6.42 Å². The fourth-order valence-corrected chi connectivity index (χ4v) is 3.72. The van der Waals surface area contributed by atoms with E-state index in [0.29, 0.717) is 12.2 Å². The molecule has 0 aliphatic rings. The van der Waals surface area contributed by atoms with Crippen LogP contribution in [-0.4, -0.2) is 15.6 Å². The van der Waals surface area contributed by atoms with Gasteiger partial charge in [0.1, 0.15) is 0 Å². The van der Waals surface area contributed by atoms with Crippen molar-refractivity contribution in [2.45, 2.75) is 25.9 Å². The molecule has 13 heavy (non-hydrogen) atoms. The third kappa shape index (κ3) is 9.20. The van der Waals surface area contributed by atoms with E-state index >= 15 is 0 Å². The van der Waals surface area contributed by atoms with E-state index in [2.05, 4.69) is 56.7 Å². The minimum absolute atomic E-state index is 0.273. The summed E-state index contributed by atoms with van der Waals surface area (Å²) in [5, 5.41) is 0. The average Bonchev–Trinajstić information content (AvgIpc) is 1.95. The molecule has 0 unspecified atom stereocenters. The number of hydrogen-bond acceptors (Lipinski definition) is 2. The molecule has 0 aromatic heterocycles. The first-order valence-corrected chi connectivity index (χ1v) is 13.0. The lowest BCUT2D eigenvalue weighted by molar-refractivity contribution is -0.138. The summed E-state index contributed by atoms with van der Waals surface area (Å²) in [5.74, 6) is -0.273. The van der Waals surface area contributed by atoms with E-state index in [9.17, 15) is 4.79 Å². The van der Waals surface area contributed by atoms with Crippen molar-refractivity contribution in [1.82, 2.24) is 0 Å². The molecule has 76 valence electrons. The Morgan fingerprint density at radius 1 is 1.54 bits per heavy atom. The van der Waals surface area contributed by atoms with Crippen LogP contribution in [0.1, 0.15) is 13.3 Å². The molecule has 2 nitrogen and oxygen atoms in total. The molecule has 0 spiro atoms. The third-order valence-electron chi connectivity index (χ3n) is 1.34. The van der Waals surface area contributed by atoms with Gasteiger partial charge in [0.15, 0.2) is 3.07 Å². The van der Waals surface area contributed by atoms with Crippen LogP contribution in [0.5, 0.6) is 0 Å². The first kappa shape index (κ1) is 13.9. The second-order valence-electron chi connectivity index (χ2n) is 3.09. The largest absolute Gasteiger partial charge is 0.462 e. The van der Waals surface area contributed by atoms with Crippen LogP contribution >= 0.6 is 43.6 Å². The number of halogens is 2. The number of rotatable bonds is 5. The first-order valence-electron chi connectivity index (χ1n) is 4.03. The number of hydrogen-bond donors (Lipinski definition) is 0. The fourth-order valence-electron chi connectivity index (χ4n) is 0.671. The van der Waals surface area contributed by atoms with Gasteiger partial charge in [-0.1, -0.05) is 13.1 Å². The summed E-state index contributed by atoms with van der Waals surface area (Å²) < 4.78 is 3.95. The molecule has 0 heterocycles. The van der Waals surface area contributed by atoms with Gasteiger partial charge in [-0.3, -0.25) is 0 Å². The summed E-state index contributed by atoms with van der Waals surface area (Å²) in [4.78, 5) is 11.0. The molecule has 0 bridgehead atoms. The fraction of sp³-hybridized carbons (Fsp3) is 0.625. The van der Waals surface area contributed by atoms with E-state index in [4.69, 9.17) is 4.74 Å². The number of carbonyl (C=O) groups is 1. The second kappa shape index (κ2) is 6.39. The monoisotopic (exact) mass is 424 g/mol. The summed E-state index contributed by atoms with van der Waals surface area (Å²) in [6.45, 7) is 7.99. The van der Waals surface area contributed by atoms with Crippen molar-refractivity contribution in [3.05, 3.63) is 12.2 Å². The Kier molecular flexibility index (Phi) is 6.82. The molecule has 0 fully saturated rings. The van der Waals surface area contributed by atoms with E-state index in [-0.39, 0.29) is 5.97 Å². The Morgan fingerprint density at radius 2 is 2.08 bits per heavy atom. The van der Waals surface area contributed by atoms with Gasteiger partial charge in [0.05, 0.1) is 6.61 Å². The van der Waals surface area contributed by atoms with Crippen molar-refractivity contribution in [2.24, 2.45) is 0 Å². The molecule has 0 saturated carbocycles.